The van der Waals surface area contributed by atoms with Crippen molar-refractivity contribution >= 4 is 17.4 Å². The highest BCUT2D eigenvalue weighted by Gasteiger charge is 2.10. The predicted octanol–water partition coefficient (Wildman–Crippen LogP) is 1.70. The molecular formula is C11H16N2S. The monoisotopic (exact) mass is 208 g/mol. The Balaban J connectivity index is 2.07. The van der Waals surface area contributed by atoms with E-state index in [0.29, 0.717) is 6.54 Å². The van der Waals surface area contributed by atoms with Crippen LogP contribution in [0.1, 0.15) is 5.56 Å². The fourth-order valence-corrected chi connectivity index (χ4v) is 2.57. The van der Waals surface area contributed by atoms with Gasteiger partial charge in [0.1, 0.15) is 0 Å². The summed E-state index contributed by atoms with van der Waals surface area (Å²) in [5, 5.41) is 0. The van der Waals surface area contributed by atoms with Crippen molar-refractivity contribution in [2.45, 2.75) is 6.54 Å². The fourth-order valence-electron chi connectivity index (χ4n) is 1.66. The van der Waals surface area contributed by atoms with Gasteiger partial charge in [0.05, 0.1) is 0 Å². The minimum atomic E-state index is 0.635. The lowest BCUT2D eigenvalue weighted by Gasteiger charge is -2.28. The van der Waals surface area contributed by atoms with Crippen molar-refractivity contribution in [2.75, 3.05) is 29.5 Å². The molecule has 0 aromatic heterocycles. The van der Waals surface area contributed by atoms with Crippen molar-refractivity contribution in [1.29, 1.82) is 0 Å². The second-order valence-electron chi connectivity index (χ2n) is 3.47. The first-order chi connectivity index (χ1) is 6.90. The average molecular weight is 208 g/mol. The number of nitrogens with two attached hydrogens (primary N) is 1. The Hall–Kier alpha value is -0.670. The highest BCUT2D eigenvalue weighted by atomic mass is 32.2. The molecule has 0 unspecified atom stereocenters. The lowest BCUT2D eigenvalue weighted by atomic mass is 10.2. The zero-order valence-electron chi connectivity index (χ0n) is 8.28. The number of rotatable bonds is 2. The lowest BCUT2D eigenvalue weighted by molar-refractivity contribution is 0.858. The third-order valence-corrected chi connectivity index (χ3v) is 3.49. The summed E-state index contributed by atoms with van der Waals surface area (Å²) in [5.74, 6) is 2.50. The summed E-state index contributed by atoms with van der Waals surface area (Å²) in [6.45, 7) is 2.98. The van der Waals surface area contributed by atoms with E-state index in [1.807, 2.05) is 11.8 Å². The van der Waals surface area contributed by atoms with Crippen LogP contribution in [0, 0.1) is 0 Å². The molecule has 1 heterocycles. The van der Waals surface area contributed by atoms with Crippen molar-refractivity contribution in [2.24, 2.45) is 5.73 Å². The number of anilines is 1. The minimum absolute atomic E-state index is 0.635. The summed E-state index contributed by atoms with van der Waals surface area (Å²) >= 11 is 2.04. The summed E-state index contributed by atoms with van der Waals surface area (Å²) in [4.78, 5) is 2.44. The van der Waals surface area contributed by atoms with Crippen molar-refractivity contribution in [1.82, 2.24) is 0 Å². The molecule has 0 atom stereocenters. The van der Waals surface area contributed by atoms with Gasteiger partial charge in [-0.15, -0.1) is 0 Å². The molecule has 0 aliphatic carbocycles. The number of hydrogen-bond acceptors (Lipinski definition) is 3. The van der Waals surface area contributed by atoms with E-state index in [2.05, 4.69) is 29.2 Å². The van der Waals surface area contributed by atoms with Crippen molar-refractivity contribution in [3.05, 3.63) is 29.8 Å². The van der Waals surface area contributed by atoms with E-state index in [1.54, 1.807) is 0 Å². The van der Waals surface area contributed by atoms with E-state index < -0.39 is 0 Å². The van der Waals surface area contributed by atoms with Gasteiger partial charge in [-0.25, -0.2) is 0 Å². The van der Waals surface area contributed by atoms with Gasteiger partial charge in [-0.2, -0.15) is 11.8 Å². The van der Waals surface area contributed by atoms with Crippen LogP contribution in [0.2, 0.25) is 0 Å². The average Bonchev–Trinajstić information content (AvgIpc) is 2.30. The van der Waals surface area contributed by atoms with Gasteiger partial charge < -0.3 is 10.6 Å². The Bertz CT molecular complexity index is 278. The van der Waals surface area contributed by atoms with Crippen LogP contribution in [-0.2, 0) is 6.54 Å². The van der Waals surface area contributed by atoms with Gasteiger partial charge in [0.25, 0.3) is 0 Å². The Morgan fingerprint density at radius 2 is 1.79 bits per heavy atom. The smallest absolute Gasteiger partial charge is 0.0366 e. The van der Waals surface area contributed by atoms with Gasteiger partial charge in [0.15, 0.2) is 0 Å². The van der Waals surface area contributed by atoms with E-state index >= 15 is 0 Å². The molecule has 0 bridgehead atoms. The molecule has 2 nitrogen and oxygen atoms in total. The first-order valence-corrected chi connectivity index (χ1v) is 6.17. The maximum atomic E-state index is 5.56. The molecule has 1 aliphatic rings. The largest absolute Gasteiger partial charge is 0.370 e. The van der Waals surface area contributed by atoms with E-state index in [-0.39, 0.29) is 0 Å². The summed E-state index contributed by atoms with van der Waals surface area (Å²) in [6.07, 6.45) is 0. The lowest BCUT2D eigenvalue weighted by Crippen LogP contribution is -2.32. The third kappa shape index (κ3) is 2.22. The molecule has 0 amide bonds. The molecule has 1 aliphatic heterocycles. The van der Waals surface area contributed by atoms with Crippen LogP contribution >= 0.6 is 11.8 Å². The highest BCUT2D eigenvalue weighted by molar-refractivity contribution is 7.99. The van der Waals surface area contributed by atoms with Gasteiger partial charge in [-0.1, -0.05) is 12.1 Å². The van der Waals surface area contributed by atoms with Crippen LogP contribution in [-0.4, -0.2) is 24.6 Å². The molecule has 0 spiro atoms. The molecular weight excluding hydrogens is 192 g/mol. The van der Waals surface area contributed by atoms with E-state index in [0.717, 1.165) is 0 Å². The van der Waals surface area contributed by atoms with Gasteiger partial charge >= 0.3 is 0 Å². The number of nitrogens with zero attached hydrogens (tertiary/aromatic N) is 1. The molecule has 0 saturated carbocycles. The molecule has 14 heavy (non-hydrogen) atoms. The summed E-state index contributed by atoms with van der Waals surface area (Å²) in [6, 6.07) is 8.60. The first-order valence-electron chi connectivity index (χ1n) is 5.02. The van der Waals surface area contributed by atoms with Gasteiger partial charge in [-0.05, 0) is 17.7 Å². The van der Waals surface area contributed by atoms with Crippen molar-refractivity contribution < 1.29 is 0 Å². The normalized spacial score (nSPS) is 17.1. The molecule has 2 N–H and O–H groups in total. The maximum absolute atomic E-state index is 5.56. The summed E-state index contributed by atoms with van der Waals surface area (Å²) in [7, 11) is 0. The Labute approximate surface area is 89.5 Å². The Kier molecular flexibility index (Phi) is 3.32. The Morgan fingerprint density at radius 3 is 2.36 bits per heavy atom. The SMILES string of the molecule is NCc1ccc(N2CCSCC2)cc1. The van der Waals surface area contributed by atoms with Gasteiger partial charge in [0.2, 0.25) is 0 Å². The van der Waals surface area contributed by atoms with Crippen LogP contribution in [0.3, 0.4) is 0 Å². The van der Waals surface area contributed by atoms with Crippen molar-refractivity contribution in [3.63, 3.8) is 0 Å². The summed E-state index contributed by atoms with van der Waals surface area (Å²) in [5.41, 5.74) is 8.11. The van der Waals surface area contributed by atoms with Gasteiger partial charge in [-0.3, -0.25) is 0 Å². The molecule has 76 valence electrons. The van der Waals surface area contributed by atoms with Crippen LogP contribution in [0.25, 0.3) is 0 Å². The minimum Gasteiger partial charge on any atom is -0.370 e. The summed E-state index contributed by atoms with van der Waals surface area (Å²) < 4.78 is 0. The zero-order valence-corrected chi connectivity index (χ0v) is 9.09. The topological polar surface area (TPSA) is 29.3 Å². The molecule has 1 fully saturated rings. The standard InChI is InChI=1S/C11H16N2S/c12-9-10-1-3-11(4-2-10)13-5-7-14-8-6-13/h1-4H,5-9,12H2. The molecule has 2 rings (SSSR count). The van der Waals surface area contributed by atoms with Gasteiger partial charge in [0, 0.05) is 36.8 Å². The van der Waals surface area contributed by atoms with Crippen LogP contribution in [0.15, 0.2) is 24.3 Å². The number of thioether (sulfide) groups is 1. The molecule has 3 heteroatoms. The molecule has 1 saturated heterocycles. The second kappa shape index (κ2) is 4.71. The molecule has 0 radical (unpaired) electrons. The zero-order chi connectivity index (χ0) is 9.80. The first kappa shape index (κ1) is 9.87. The number of hydrogen-bond donors (Lipinski definition) is 1. The second-order valence-corrected chi connectivity index (χ2v) is 4.69. The fraction of sp³-hybridized carbons (Fsp3) is 0.455. The van der Waals surface area contributed by atoms with E-state index in [4.69, 9.17) is 5.73 Å². The number of benzene rings is 1. The van der Waals surface area contributed by atoms with Crippen LogP contribution < -0.4 is 10.6 Å². The Morgan fingerprint density at radius 1 is 1.14 bits per heavy atom. The third-order valence-electron chi connectivity index (χ3n) is 2.55. The van der Waals surface area contributed by atoms with Crippen LogP contribution in [0.4, 0.5) is 5.69 Å². The quantitative estimate of drug-likeness (QED) is 0.802. The van der Waals surface area contributed by atoms with Crippen molar-refractivity contribution in [3.8, 4) is 0 Å². The highest BCUT2D eigenvalue weighted by Crippen LogP contribution is 2.19. The molecule has 1 aromatic carbocycles. The van der Waals surface area contributed by atoms with Crippen LogP contribution in [0.5, 0.6) is 0 Å². The predicted molar refractivity (Wildman–Crippen MR) is 63.9 cm³/mol. The van der Waals surface area contributed by atoms with E-state index in [9.17, 15) is 0 Å². The van der Waals surface area contributed by atoms with E-state index in [1.165, 1.54) is 35.8 Å². The molecule has 1 aromatic rings. The maximum Gasteiger partial charge on any atom is 0.0366 e.